The van der Waals surface area contributed by atoms with Gasteiger partial charge in [-0.25, -0.2) is 4.39 Å². The van der Waals surface area contributed by atoms with Crippen molar-refractivity contribution in [2.45, 2.75) is 24.8 Å². The van der Waals surface area contributed by atoms with Crippen molar-refractivity contribution < 1.29 is 18.7 Å². The molecular formula is C19H19FN2O3. The molecule has 6 heteroatoms. The first-order valence-electron chi connectivity index (χ1n) is 8.08. The van der Waals surface area contributed by atoms with Crippen LogP contribution >= 0.6 is 0 Å². The Bertz CT molecular complexity index is 803. The fraction of sp³-hybridized carbons (Fsp3) is 0.263. The van der Waals surface area contributed by atoms with E-state index >= 15 is 0 Å². The molecule has 1 aliphatic rings. The van der Waals surface area contributed by atoms with Crippen molar-refractivity contribution in [3.63, 3.8) is 0 Å². The molecule has 1 fully saturated rings. The predicted octanol–water partition coefficient (Wildman–Crippen LogP) is 2.50. The lowest BCUT2D eigenvalue weighted by molar-refractivity contribution is -0.122. The van der Waals surface area contributed by atoms with Gasteiger partial charge in [0.2, 0.25) is 11.8 Å². The van der Waals surface area contributed by atoms with Gasteiger partial charge in [-0.1, -0.05) is 18.2 Å². The molecule has 0 atom stereocenters. The average Bonchev–Trinajstić information content (AvgIpc) is 3.36. The average molecular weight is 342 g/mol. The van der Waals surface area contributed by atoms with E-state index in [1.54, 1.807) is 24.3 Å². The fourth-order valence-corrected chi connectivity index (χ4v) is 2.73. The molecule has 5 nitrogen and oxygen atoms in total. The zero-order valence-electron chi connectivity index (χ0n) is 13.6. The van der Waals surface area contributed by atoms with Crippen LogP contribution in [-0.4, -0.2) is 18.4 Å². The normalized spacial score (nSPS) is 14.6. The summed E-state index contributed by atoms with van der Waals surface area (Å²) in [5.74, 6) is -0.521. The van der Waals surface area contributed by atoms with Crippen LogP contribution < -0.4 is 15.8 Å². The van der Waals surface area contributed by atoms with Gasteiger partial charge in [-0.15, -0.1) is 0 Å². The Morgan fingerprint density at radius 1 is 1.16 bits per heavy atom. The minimum Gasteiger partial charge on any atom is -0.493 e. The summed E-state index contributed by atoms with van der Waals surface area (Å²) in [7, 11) is 0. The summed E-state index contributed by atoms with van der Waals surface area (Å²) < 4.78 is 18.9. The van der Waals surface area contributed by atoms with E-state index in [9.17, 15) is 14.0 Å². The summed E-state index contributed by atoms with van der Waals surface area (Å²) in [5.41, 5.74) is 5.90. The van der Waals surface area contributed by atoms with Crippen LogP contribution in [-0.2, 0) is 10.3 Å². The van der Waals surface area contributed by atoms with Gasteiger partial charge in [-0.3, -0.25) is 9.59 Å². The van der Waals surface area contributed by atoms with Crippen molar-refractivity contribution in [3.05, 3.63) is 65.5 Å². The molecule has 0 bridgehead atoms. The zero-order valence-corrected chi connectivity index (χ0v) is 13.6. The first kappa shape index (κ1) is 17.0. The molecule has 2 aromatic rings. The van der Waals surface area contributed by atoms with E-state index in [4.69, 9.17) is 10.5 Å². The lowest BCUT2D eigenvalue weighted by atomic mass is 10.0. The van der Waals surface area contributed by atoms with Gasteiger partial charge >= 0.3 is 0 Å². The summed E-state index contributed by atoms with van der Waals surface area (Å²) in [5, 5.41) is 2.97. The molecule has 0 aliphatic heterocycles. The molecule has 3 N–H and O–H groups in total. The number of carbonyl (C=O) groups is 2. The quantitative estimate of drug-likeness (QED) is 0.811. The van der Waals surface area contributed by atoms with Crippen molar-refractivity contribution in [2.24, 2.45) is 5.73 Å². The SMILES string of the molecule is NC(=O)c1cccc(OCCC(=O)NC2(c3cccc(F)c3)CC2)c1. The maximum Gasteiger partial charge on any atom is 0.248 e. The lowest BCUT2D eigenvalue weighted by Gasteiger charge is -2.18. The van der Waals surface area contributed by atoms with E-state index in [1.165, 1.54) is 18.2 Å². The monoisotopic (exact) mass is 342 g/mol. The largest absolute Gasteiger partial charge is 0.493 e. The van der Waals surface area contributed by atoms with Crippen molar-refractivity contribution in [2.75, 3.05) is 6.61 Å². The van der Waals surface area contributed by atoms with Crippen LogP contribution in [0, 0.1) is 5.82 Å². The number of nitrogens with one attached hydrogen (secondary N) is 1. The molecule has 3 rings (SSSR count). The van der Waals surface area contributed by atoms with E-state index in [-0.39, 0.29) is 24.8 Å². The van der Waals surface area contributed by atoms with Gasteiger partial charge in [0.1, 0.15) is 11.6 Å². The number of benzene rings is 2. The summed E-state index contributed by atoms with van der Waals surface area (Å²) in [6.45, 7) is 0.174. The third-order valence-electron chi connectivity index (χ3n) is 4.22. The molecule has 2 aromatic carbocycles. The second-order valence-corrected chi connectivity index (χ2v) is 6.13. The number of amides is 2. The molecule has 1 aliphatic carbocycles. The van der Waals surface area contributed by atoms with Crippen molar-refractivity contribution in [1.29, 1.82) is 0 Å². The number of hydrogen-bond acceptors (Lipinski definition) is 3. The lowest BCUT2D eigenvalue weighted by Crippen LogP contribution is -2.35. The van der Waals surface area contributed by atoms with Gasteiger partial charge in [-0.05, 0) is 48.7 Å². The minimum atomic E-state index is -0.533. The molecule has 1 saturated carbocycles. The maximum atomic E-state index is 13.4. The van der Waals surface area contributed by atoms with Crippen LogP contribution in [0.3, 0.4) is 0 Å². The van der Waals surface area contributed by atoms with E-state index in [2.05, 4.69) is 5.32 Å². The van der Waals surface area contributed by atoms with Crippen LogP contribution in [0.4, 0.5) is 4.39 Å². The van der Waals surface area contributed by atoms with Crippen LogP contribution in [0.25, 0.3) is 0 Å². The molecule has 0 spiro atoms. The molecule has 0 radical (unpaired) electrons. The highest BCUT2D eigenvalue weighted by Crippen LogP contribution is 2.45. The fourth-order valence-electron chi connectivity index (χ4n) is 2.73. The first-order chi connectivity index (χ1) is 12.0. The molecule has 25 heavy (non-hydrogen) atoms. The summed E-state index contributed by atoms with van der Waals surface area (Å²) >= 11 is 0. The van der Waals surface area contributed by atoms with E-state index in [0.29, 0.717) is 11.3 Å². The molecule has 0 saturated heterocycles. The van der Waals surface area contributed by atoms with E-state index in [0.717, 1.165) is 18.4 Å². The van der Waals surface area contributed by atoms with Gasteiger partial charge in [0, 0.05) is 5.56 Å². The molecule has 0 heterocycles. The van der Waals surface area contributed by atoms with E-state index in [1.807, 2.05) is 6.07 Å². The number of halogens is 1. The zero-order chi connectivity index (χ0) is 17.9. The Hall–Kier alpha value is -2.89. The van der Waals surface area contributed by atoms with Crippen LogP contribution in [0.5, 0.6) is 5.75 Å². The number of primary amides is 1. The Balaban J connectivity index is 1.52. The topological polar surface area (TPSA) is 81.4 Å². The molecular weight excluding hydrogens is 323 g/mol. The van der Waals surface area contributed by atoms with E-state index < -0.39 is 11.4 Å². The van der Waals surface area contributed by atoms with Crippen LogP contribution in [0.15, 0.2) is 48.5 Å². The number of ether oxygens (including phenoxy) is 1. The van der Waals surface area contributed by atoms with Crippen molar-refractivity contribution >= 4 is 11.8 Å². The Labute approximate surface area is 145 Å². The van der Waals surface area contributed by atoms with Crippen LogP contribution in [0.2, 0.25) is 0 Å². The van der Waals surface area contributed by atoms with Gasteiger partial charge in [0.25, 0.3) is 0 Å². The number of hydrogen-bond donors (Lipinski definition) is 2. The number of rotatable bonds is 7. The smallest absolute Gasteiger partial charge is 0.248 e. The van der Waals surface area contributed by atoms with Gasteiger partial charge in [-0.2, -0.15) is 0 Å². The number of carbonyl (C=O) groups excluding carboxylic acids is 2. The summed E-state index contributed by atoms with van der Waals surface area (Å²) in [4.78, 5) is 23.3. The third kappa shape index (κ3) is 4.15. The second-order valence-electron chi connectivity index (χ2n) is 6.13. The first-order valence-corrected chi connectivity index (χ1v) is 8.08. The second kappa shape index (κ2) is 6.93. The Morgan fingerprint density at radius 3 is 2.60 bits per heavy atom. The highest BCUT2D eigenvalue weighted by Gasteiger charge is 2.45. The highest BCUT2D eigenvalue weighted by molar-refractivity contribution is 5.93. The van der Waals surface area contributed by atoms with Gasteiger partial charge in [0.05, 0.1) is 18.6 Å². The number of nitrogens with two attached hydrogens (primary N) is 1. The summed E-state index contributed by atoms with van der Waals surface area (Å²) in [6, 6.07) is 12.8. The highest BCUT2D eigenvalue weighted by atomic mass is 19.1. The van der Waals surface area contributed by atoms with Crippen molar-refractivity contribution in [1.82, 2.24) is 5.32 Å². The molecule has 130 valence electrons. The maximum absolute atomic E-state index is 13.4. The molecule has 0 aromatic heterocycles. The third-order valence-corrected chi connectivity index (χ3v) is 4.22. The molecule has 2 amide bonds. The van der Waals surface area contributed by atoms with Crippen molar-refractivity contribution in [3.8, 4) is 5.75 Å². The predicted molar refractivity (Wildman–Crippen MR) is 90.5 cm³/mol. The van der Waals surface area contributed by atoms with Gasteiger partial charge < -0.3 is 15.8 Å². The van der Waals surface area contributed by atoms with Crippen LogP contribution in [0.1, 0.15) is 35.2 Å². The summed E-state index contributed by atoms with van der Waals surface area (Å²) in [6.07, 6.45) is 1.76. The Morgan fingerprint density at radius 2 is 1.92 bits per heavy atom. The van der Waals surface area contributed by atoms with Gasteiger partial charge in [0.15, 0.2) is 0 Å². The molecule has 0 unspecified atom stereocenters. The Kier molecular flexibility index (Phi) is 4.70. The minimum absolute atomic E-state index is 0.159. The standard InChI is InChI=1S/C19H19FN2O3/c20-15-5-2-4-14(12-15)19(8-9-19)22-17(23)7-10-25-16-6-1-3-13(11-16)18(21)24/h1-6,11-12H,7-10H2,(H2,21,24)(H,22,23).